The second-order valence-corrected chi connectivity index (χ2v) is 10.0. The number of para-hydroxylation sites is 1. The summed E-state index contributed by atoms with van der Waals surface area (Å²) in [5.74, 6) is -0.987. The molecule has 2 amide bonds. The molecule has 0 atom stereocenters. The molecule has 0 bridgehead atoms. The molecule has 0 fully saturated rings. The predicted octanol–water partition coefficient (Wildman–Crippen LogP) is 3.04. The van der Waals surface area contributed by atoms with E-state index < -0.39 is 33.1 Å². The molecule has 0 unspecified atom stereocenters. The third-order valence-corrected chi connectivity index (χ3v) is 7.35. The van der Waals surface area contributed by atoms with Gasteiger partial charge < -0.3 is 10.3 Å². The summed E-state index contributed by atoms with van der Waals surface area (Å²) >= 11 is 6.46. The molecule has 9 nitrogen and oxygen atoms in total. The van der Waals surface area contributed by atoms with Gasteiger partial charge in [0.25, 0.3) is 15.6 Å². The number of amides is 2. The number of anilines is 1. The highest BCUT2D eigenvalue weighted by molar-refractivity contribution is 7.92. The number of thiophene rings is 1. The summed E-state index contributed by atoms with van der Waals surface area (Å²) in [4.78, 5) is 39.6. The number of urea groups is 1. The summed E-state index contributed by atoms with van der Waals surface area (Å²) in [5, 5.41) is 2.37. The van der Waals surface area contributed by atoms with Gasteiger partial charge in [0.15, 0.2) is 0 Å². The molecule has 0 aliphatic carbocycles. The lowest BCUT2D eigenvalue weighted by atomic mass is 10.2. The van der Waals surface area contributed by atoms with E-state index in [1.165, 1.54) is 24.3 Å². The number of rotatable bonds is 4. The van der Waals surface area contributed by atoms with E-state index >= 15 is 0 Å². The van der Waals surface area contributed by atoms with E-state index in [0.717, 1.165) is 23.5 Å². The summed E-state index contributed by atoms with van der Waals surface area (Å²) < 4.78 is 41.5. The van der Waals surface area contributed by atoms with Crippen molar-refractivity contribution in [1.82, 2.24) is 14.3 Å². The van der Waals surface area contributed by atoms with Gasteiger partial charge in [-0.25, -0.2) is 31.7 Å². The predicted molar refractivity (Wildman–Crippen MR) is 119 cm³/mol. The van der Waals surface area contributed by atoms with E-state index in [1.807, 2.05) is 0 Å². The van der Waals surface area contributed by atoms with Crippen molar-refractivity contribution in [2.75, 3.05) is 5.32 Å². The van der Waals surface area contributed by atoms with Crippen molar-refractivity contribution in [3.8, 4) is 5.69 Å². The smallest absolute Gasteiger partial charge is 0.307 e. The quantitative estimate of drug-likeness (QED) is 0.401. The number of aromatic amines is 1. The Morgan fingerprint density at radius 1 is 1.09 bits per heavy atom. The van der Waals surface area contributed by atoms with Crippen molar-refractivity contribution in [3.63, 3.8) is 0 Å². The number of carbonyl (C=O) groups is 1. The van der Waals surface area contributed by atoms with Crippen molar-refractivity contribution in [2.24, 2.45) is 0 Å². The van der Waals surface area contributed by atoms with E-state index in [2.05, 4.69) is 10.3 Å². The first-order chi connectivity index (χ1) is 15.2. The van der Waals surface area contributed by atoms with Crippen LogP contribution in [0.15, 0.2) is 68.4 Å². The van der Waals surface area contributed by atoms with Crippen LogP contribution < -0.4 is 21.3 Å². The number of sulfonamides is 1. The van der Waals surface area contributed by atoms with E-state index in [-0.39, 0.29) is 25.3 Å². The Labute approximate surface area is 188 Å². The van der Waals surface area contributed by atoms with Gasteiger partial charge in [0.1, 0.15) is 10.0 Å². The number of halogens is 2. The standard InChI is InChI=1S/C19H12ClFN4O5S2/c20-15-7-8-16(31-15)32(29,30)24-18(27)22-10-5-6-14(12(21)9-10)25-17(26)11-3-1-2-4-13(11)23-19(25)28/h1-9H,(H,23,28)(H2,22,24,27). The number of fused-ring (bicyclic) bond motifs is 1. The van der Waals surface area contributed by atoms with Crippen LogP contribution in [-0.4, -0.2) is 24.0 Å². The van der Waals surface area contributed by atoms with Crippen LogP contribution in [0, 0.1) is 5.82 Å². The summed E-state index contributed by atoms with van der Waals surface area (Å²) in [6.07, 6.45) is 0. The number of carbonyl (C=O) groups excluding carboxylic acids is 1. The van der Waals surface area contributed by atoms with Crippen molar-refractivity contribution >= 4 is 55.6 Å². The van der Waals surface area contributed by atoms with E-state index in [0.29, 0.717) is 10.1 Å². The van der Waals surface area contributed by atoms with Crippen LogP contribution in [0.2, 0.25) is 4.34 Å². The molecule has 0 saturated carbocycles. The number of aromatic nitrogens is 2. The Morgan fingerprint density at radius 3 is 2.53 bits per heavy atom. The Kier molecular flexibility index (Phi) is 5.59. The maximum Gasteiger partial charge on any atom is 0.333 e. The highest BCUT2D eigenvalue weighted by atomic mass is 35.5. The fourth-order valence-electron chi connectivity index (χ4n) is 2.92. The molecule has 0 saturated heterocycles. The second kappa shape index (κ2) is 8.22. The Morgan fingerprint density at radius 2 is 1.84 bits per heavy atom. The first-order valence-electron chi connectivity index (χ1n) is 8.79. The normalized spacial score (nSPS) is 11.4. The number of hydrogen-bond donors (Lipinski definition) is 3. The summed E-state index contributed by atoms with van der Waals surface area (Å²) in [5.41, 5.74) is -1.70. The van der Waals surface area contributed by atoms with E-state index in [1.54, 1.807) is 22.9 Å². The minimum atomic E-state index is -4.16. The maximum absolute atomic E-state index is 14.7. The average Bonchev–Trinajstić information content (AvgIpc) is 3.16. The monoisotopic (exact) mass is 494 g/mol. The highest BCUT2D eigenvalue weighted by Gasteiger charge is 2.20. The molecule has 32 heavy (non-hydrogen) atoms. The number of nitrogens with zero attached hydrogens (tertiary/aromatic N) is 1. The molecule has 4 rings (SSSR count). The maximum atomic E-state index is 14.7. The van der Waals surface area contributed by atoms with Crippen LogP contribution in [0.25, 0.3) is 16.6 Å². The first-order valence-corrected chi connectivity index (χ1v) is 11.5. The minimum absolute atomic E-state index is 0.103. The lowest BCUT2D eigenvalue weighted by Gasteiger charge is -2.11. The van der Waals surface area contributed by atoms with Gasteiger partial charge in [-0.3, -0.25) is 4.79 Å². The van der Waals surface area contributed by atoms with Gasteiger partial charge in [-0.2, -0.15) is 0 Å². The lowest BCUT2D eigenvalue weighted by Crippen LogP contribution is -2.35. The fraction of sp³-hybridized carbons (Fsp3) is 0. The molecule has 2 aromatic carbocycles. The average molecular weight is 495 g/mol. The molecular weight excluding hydrogens is 483 g/mol. The molecule has 164 valence electrons. The lowest BCUT2D eigenvalue weighted by molar-refractivity contribution is 0.256. The molecule has 13 heteroatoms. The molecular formula is C19H12ClFN4O5S2. The molecule has 0 aliphatic heterocycles. The first kappa shape index (κ1) is 21.7. The van der Waals surface area contributed by atoms with Gasteiger partial charge in [-0.1, -0.05) is 23.7 Å². The molecule has 0 spiro atoms. The Hall–Kier alpha value is -3.48. The number of hydrogen-bond acceptors (Lipinski definition) is 6. The second-order valence-electron chi connectivity index (χ2n) is 6.40. The number of nitrogens with one attached hydrogen (secondary N) is 3. The number of H-pyrrole nitrogens is 1. The van der Waals surface area contributed by atoms with Gasteiger partial charge >= 0.3 is 11.7 Å². The van der Waals surface area contributed by atoms with Crippen LogP contribution in [-0.2, 0) is 10.0 Å². The minimum Gasteiger partial charge on any atom is -0.307 e. The Balaban J connectivity index is 1.61. The topological polar surface area (TPSA) is 130 Å². The largest absolute Gasteiger partial charge is 0.333 e. The Bertz CT molecular complexity index is 1590. The van der Waals surface area contributed by atoms with E-state index in [4.69, 9.17) is 11.6 Å². The molecule has 2 heterocycles. The van der Waals surface area contributed by atoms with Crippen LogP contribution >= 0.6 is 22.9 Å². The van der Waals surface area contributed by atoms with Gasteiger partial charge in [0, 0.05) is 5.69 Å². The third-order valence-electron chi connectivity index (χ3n) is 4.29. The van der Waals surface area contributed by atoms with Crippen molar-refractivity contribution in [2.45, 2.75) is 4.21 Å². The zero-order valence-corrected chi connectivity index (χ0v) is 18.1. The molecule has 4 aromatic rings. The highest BCUT2D eigenvalue weighted by Crippen LogP contribution is 2.25. The SMILES string of the molecule is O=C(Nc1ccc(-n2c(=O)[nH]c3ccccc3c2=O)c(F)c1)NS(=O)(=O)c1ccc(Cl)s1. The summed E-state index contributed by atoms with van der Waals surface area (Å²) in [6.45, 7) is 0. The van der Waals surface area contributed by atoms with Crippen molar-refractivity contribution in [1.29, 1.82) is 0 Å². The summed E-state index contributed by atoms with van der Waals surface area (Å²) in [7, 11) is -4.16. The van der Waals surface area contributed by atoms with E-state index in [9.17, 15) is 27.2 Å². The summed E-state index contributed by atoms with van der Waals surface area (Å²) in [6, 6.07) is 10.9. The van der Waals surface area contributed by atoms with Crippen LogP contribution in [0.3, 0.4) is 0 Å². The van der Waals surface area contributed by atoms with Crippen LogP contribution in [0.1, 0.15) is 0 Å². The zero-order valence-electron chi connectivity index (χ0n) is 15.8. The van der Waals surface area contributed by atoms with Gasteiger partial charge in [-0.15, -0.1) is 11.3 Å². The van der Waals surface area contributed by atoms with Crippen molar-refractivity contribution in [3.05, 3.63) is 85.6 Å². The third kappa shape index (κ3) is 4.15. The van der Waals surface area contributed by atoms with Crippen LogP contribution in [0.4, 0.5) is 14.9 Å². The molecule has 0 radical (unpaired) electrons. The zero-order chi connectivity index (χ0) is 23.0. The van der Waals surface area contributed by atoms with Gasteiger partial charge in [0.2, 0.25) is 0 Å². The van der Waals surface area contributed by atoms with Gasteiger partial charge in [-0.05, 0) is 42.5 Å². The van der Waals surface area contributed by atoms with Crippen molar-refractivity contribution < 1.29 is 17.6 Å². The fourth-order valence-corrected chi connectivity index (χ4v) is 5.31. The van der Waals surface area contributed by atoms with Crippen LogP contribution in [0.5, 0.6) is 0 Å². The molecule has 0 aliphatic rings. The molecule has 3 N–H and O–H groups in total. The molecule has 2 aromatic heterocycles. The van der Waals surface area contributed by atoms with Gasteiger partial charge in [0.05, 0.1) is 20.9 Å². The number of benzene rings is 2.